The van der Waals surface area contributed by atoms with Gasteiger partial charge in [-0.2, -0.15) is 0 Å². The van der Waals surface area contributed by atoms with Crippen LogP contribution in [0.1, 0.15) is 5.56 Å². The van der Waals surface area contributed by atoms with Crippen molar-refractivity contribution in [3.05, 3.63) is 52.6 Å². The van der Waals surface area contributed by atoms with E-state index in [1.807, 2.05) is 0 Å². The minimum absolute atomic E-state index is 0.00236. The van der Waals surface area contributed by atoms with Crippen LogP contribution in [0.2, 0.25) is 5.02 Å². The number of aryl methyl sites for hydroxylation is 1. The second-order valence-electron chi connectivity index (χ2n) is 4.38. The van der Waals surface area contributed by atoms with E-state index < -0.39 is 21.7 Å². The van der Waals surface area contributed by atoms with Gasteiger partial charge in [-0.05, 0) is 42.8 Å². The average molecular weight is 333 g/mol. The summed E-state index contributed by atoms with van der Waals surface area (Å²) < 4.78 is 53.2. The highest BCUT2D eigenvalue weighted by Crippen LogP contribution is 2.24. The van der Waals surface area contributed by atoms with Crippen molar-refractivity contribution in [2.45, 2.75) is 11.8 Å². The highest BCUT2D eigenvalue weighted by molar-refractivity contribution is 7.92. The summed E-state index contributed by atoms with van der Waals surface area (Å²) in [5.41, 5.74) is 5.22. The van der Waals surface area contributed by atoms with Crippen LogP contribution >= 0.6 is 11.6 Å². The Morgan fingerprint density at radius 2 is 1.86 bits per heavy atom. The molecule has 0 spiro atoms. The molecule has 8 heteroatoms. The number of halogens is 3. The Hall–Kier alpha value is -1.86. The summed E-state index contributed by atoms with van der Waals surface area (Å²) >= 11 is 5.52. The fourth-order valence-corrected chi connectivity index (χ4v) is 2.98. The van der Waals surface area contributed by atoms with Gasteiger partial charge in [-0.3, -0.25) is 4.72 Å². The Kier molecular flexibility index (Phi) is 4.06. The smallest absolute Gasteiger partial charge is 0.261 e. The van der Waals surface area contributed by atoms with E-state index in [1.54, 1.807) is 0 Å². The van der Waals surface area contributed by atoms with Crippen LogP contribution in [-0.2, 0) is 10.0 Å². The van der Waals surface area contributed by atoms with Gasteiger partial charge in [-0.25, -0.2) is 17.2 Å². The molecule has 0 bridgehead atoms. The molecule has 0 aliphatic heterocycles. The number of hydrogen-bond acceptors (Lipinski definition) is 3. The largest absolute Gasteiger partial charge is 0.396 e. The summed E-state index contributed by atoms with van der Waals surface area (Å²) in [6.45, 7) is 1.40. The van der Waals surface area contributed by atoms with Crippen LogP contribution < -0.4 is 10.5 Å². The van der Waals surface area contributed by atoms with E-state index >= 15 is 0 Å². The van der Waals surface area contributed by atoms with Crippen LogP contribution in [-0.4, -0.2) is 8.42 Å². The molecule has 4 nitrogen and oxygen atoms in total. The third-order valence-electron chi connectivity index (χ3n) is 2.74. The van der Waals surface area contributed by atoms with Crippen LogP contribution in [0.15, 0.2) is 35.2 Å². The lowest BCUT2D eigenvalue weighted by Gasteiger charge is -2.10. The third kappa shape index (κ3) is 3.25. The van der Waals surface area contributed by atoms with Crippen LogP contribution in [0, 0.1) is 18.6 Å². The lowest BCUT2D eigenvalue weighted by molar-refractivity contribution is 0.599. The molecule has 0 fully saturated rings. The summed E-state index contributed by atoms with van der Waals surface area (Å²) in [7, 11) is -4.01. The topological polar surface area (TPSA) is 72.2 Å². The fourth-order valence-electron chi connectivity index (χ4n) is 1.69. The zero-order chi connectivity index (χ0) is 15.8. The summed E-state index contributed by atoms with van der Waals surface area (Å²) in [5, 5.41) is -0.125. The predicted molar refractivity (Wildman–Crippen MR) is 77.8 cm³/mol. The van der Waals surface area contributed by atoms with E-state index in [2.05, 4.69) is 4.72 Å². The van der Waals surface area contributed by atoms with Crippen LogP contribution in [0.4, 0.5) is 20.2 Å². The molecule has 21 heavy (non-hydrogen) atoms. The van der Waals surface area contributed by atoms with Gasteiger partial charge in [0.05, 0.1) is 21.3 Å². The Balaban J connectivity index is 2.40. The van der Waals surface area contributed by atoms with Gasteiger partial charge in [0.25, 0.3) is 10.0 Å². The van der Waals surface area contributed by atoms with Crippen molar-refractivity contribution < 1.29 is 17.2 Å². The molecule has 0 heterocycles. The average Bonchev–Trinajstić information content (AvgIpc) is 2.39. The van der Waals surface area contributed by atoms with Gasteiger partial charge < -0.3 is 5.73 Å². The van der Waals surface area contributed by atoms with E-state index in [-0.39, 0.29) is 26.9 Å². The summed E-state index contributed by atoms with van der Waals surface area (Å²) in [5.74, 6) is -1.43. The van der Waals surface area contributed by atoms with Gasteiger partial charge in [-0.15, -0.1) is 0 Å². The normalized spacial score (nSPS) is 11.4. The second-order valence-corrected chi connectivity index (χ2v) is 6.47. The number of sulfonamides is 1. The van der Waals surface area contributed by atoms with E-state index in [0.29, 0.717) is 0 Å². The molecule has 112 valence electrons. The molecule has 2 aromatic carbocycles. The molecule has 0 radical (unpaired) electrons. The van der Waals surface area contributed by atoms with E-state index in [4.69, 9.17) is 17.3 Å². The highest BCUT2D eigenvalue weighted by atomic mass is 35.5. The van der Waals surface area contributed by atoms with Crippen molar-refractivity contribution in [2.24, 2.45) is 0 Å². The highest BCUT2D eigenvalue weighted by Gasteiger charge is 2.18. The van der Waals surface area contributed by atoms with Crippen molar-refractivity contribution in [3.63, 3.8) is 0 Å². The Morgan fingerprint density at radius 1 is 1.19 bits per heavy atom. The molecule has 0 aliphatic carbocycles. The molecule has 0 aliphatic rings. The Morgan fingerprint density at radius 3 is 2.43 bits per heavy atom. The van der Waals surface area contributed by atoms with Gasteiger partial charge in [0.1, 0.15) is 11.6 Å². The fraction of sp³-hybridized carbons (Fsp3) is 0.0769. The molecule has 0 aromatic heterocycles. The molecule has 0 saturated carbocycles. The van der Waals surface area contributed by atoms with E-state index in [9.17, 15) is 17.2 Å². The molecule has 2 aromatic rings. The van der Waals surface area contributed by atoms with Gasteiger partial charge in [0, 0.05) is 0 Å². The quantitative estimate of drug-likeness (QED) is 0.847. The monoisotopic (exact) mass is 332 g/mol. The Bertz CT molecular complexity index is 787. The summed E-state index contributed by atoms with van der Waals surface area (Å²) in [6.07, 6.45) is 0. The summed E-state index contributed by atoms with van der Waals surface area (Å²) in [4.78, 5) is -0.214. The molecule has 0 amide bonds. The van der Waals surface area contributed by atoms with Crippen molar-refractivity contribution in [1.29, 1.82) is 0 Å². The number of nitrogens with two attached hydrogens (primary N) is 1. The SMILES string of the molecule is Cc1cc(S(=O)(=O)Nc2ccc(Cl)c(F)c2)cc(N)c1F. The Labute approximate surface area is 125 Å². The molecular weight excluding hydrogens is 322 g/mol. The van der Waals surface area contributed by atoms with Crippen molar-refractivity contribution in [3.8, 4) is 0 Å². The number of rotatable bonds is 3. The predicted octanol–water partition coefficient (Wildman–Crippen LogP) is 3.31. The van der Waals surface area contributed by atoms with Crippen LogP contribution in [0.3, 0.4) is 0 Å². The first-order valence-electron chi connectivity index (χ1n) is 5.74. The number of anilines is 2. The van der Waals surface area contributed by atoms with Gasteiger partial charge in [0.2, 0.25) is 0 Å². The molecule has 3 N–H and O–H groups in total. The number of nitrogen functional groups attached to an aromatic ring is 1. The molecule has 0 saturated heterocycles. The zero-order valence-electron chi connectivity index (χ0n) is 10.8. The lowest BCUT2D eigenvalue weighted by atomic mass is 10.2. The second kappa shape index (κ2) is 5.50. The zero-order valence-corrected chi connectivity index (χ0v) is 12.4. The van der Waals surface area contributed by atoms with Gasteiger partial charge >= 0.3 is 0 Å². The lowest BCUT2D eigenvalue weighted by Crippen LogP contribution is -2.14. The minimum Gasteiger partial charge on any atom is -0.396 e. The molecular formula is C13H11ClF2N2O2S. The van der Waals surface area contributed by atoms with E-state index in [1.165, 1.54) is 19.1 Å². The van der Waals surface area contributed by atoms with Gasteiger partial charge in [0.15, 0.2) is 0 Å². The number of hydrogen-bond donors (Lipinski definition) is 2. The van der Waals surface area contributed by atoms with Crippen LogP contribution in [0.5, 0.6) is 0 Å². The maximum absolute atomic E-state index is 13.4. The first-order chi connectivity index (χ1) is 9.70. The van der Waals surface area contributed by atoms with Crippen molar-refractivity contribution in [2.75, 3.05) is 10.5 Å². The number of benzene rings is 2. The van der Waals surface area contributed by atoms with E-state index in [0.717, 1.165) is 18.2 Å². The maximum atomic E-state index is 13.4. The first-order valence-corrected chi connectivity index (χ1v) is 7.60. The number of nitrogens with one attached hydrogen (secondary N) is 1. The van der Waals surface area contributed by atoms with Crippen molar-refractivity contribution >= 4 is 33.0 Å². The molecule has 0 unspecified atom stereocenters. The van der Waals surface area contributed by atoms with Gasteiger partial charge in [-0.1, -0.05) is 11.6 Å². The maximum Gasteiger partial charge on any atom is 0.261 e. The summed E-state index contributed by atoms with van der Waals surface area (Å²) in [6, 6.07) is 5.61. The third-order valence-corrected chi connectivity index (χ3v) is 4.41. The first kappa shape index (κ1) is 15.5. The van der Waals surface area contributed by atoms with Crippen LogP contribution in [0.25, 0.3) is 0 Å². The molecule has 2 rings (SSSR count). The standard InChI is InChI=1S/C13H11ClF2N2O2S/c1-7-4-9(6-12(17)13(7)16)21(19,20)18-8-2-3-10(14)11(15)5-8/h2-6,18H,17H2,1H3. The molecule has 0 atom stereocenters. The van der Waals surface area contributed by atoms with Crippen molar-refractivity contribution in [1.82, 2.24) is 0 Å². The minimum atomic E-state index is -4.01.